The lowest BCUT2D eigenvalue weighted by Gasteiger charge is -2.39. The first-order valence-electron chi connectivity index (χ1n) is 11.0. The fourth-order valence-corrected chi connectivity index (χ4v) is 4.97. The Morgan fingerprint density at radius 1 is 0.939 bits per heavy atom. The second kappa shape index (κ2) is 9.62. The Labute approximate surface area is 192 Å². The van der Waals surface area contributed by atoms with E-state index in [-0.39, 0.29) is 12.1 Å². The number of benzene rings is 2. The number of rotatable bonds is 7. The van der Waals surface area contributed by atoms with E-state index in [4.69, 9.17) is 14.2 Å². The summed E-state index contributed by atoms with van der Waals surface area (Å²) in [7, 11) is 1.25. The van der Waals surface area contributed by atoms with E-state index in [9.17, 15) is 19.5 Å². The molecule has 2 aliphatic rings. The summed E-state index contributed by atoms with van der Waals surface area (Å²) in [6.07, 6.45) is 1.01. The van der Waals surface area contributed by atoms with E-state index in [0.29, 0.717) is 24.0 Å². The van der Waals surface area contributed by atoms with Crippen LogP contribution >= 0.6 is 0 Å². The maximum atomic E-state index is 13.9. The lowest BCUT2D eigenvalue weighted by Crippen LogP contribution is -2.50. The van der Waals surface area contributed by atoms with E-state index < -0.39 is 36.3 Å². The van der Waals surface area contributed by atoms with Gasteiger partial charge in [-0.05, 0) is 24.0 Å². The predicted octanol–water partition coefficient (Wildman–Crippen LogP) is 3.34. The Morgan fingerprint density at radius 2 is 1.45 bits per heavy atom. The molecule has 0 saturated carbocycles. The van der Waals surface area contributed by atoms with Gasteiger partial charge in [0.05, 0.1) is 7.11 Å². The third-order valence-corrected chi connectivity index (χ3v) is 6.47. The van der Waals surface area contributed by atoms with Gasteiger partial charge in [-0.15, -0.1) is 0 Å². The summed E-state index contributed by atoms with van der Waals surface area (Å²) in [6, 6.07) is 17.5. The quantitative estimate of drug-likeness (QED) is 0.642. The van der Waals surface area contributed by atoms with Crippen LogP contribution in [0.1, 0.15) is 36.8 Å². The van der Waals surface area contributed by atoms with Gasteiger partial charge in [-0.25, -0.2) is 14.4 Å². The van der Waals surface area contributed by atoms with E-state index in [2.05, 4.69) is 0 Å². The van der Waals surface area contributed by atoms with Gasteiger partial charge in [-0.3, -0.25) is 0 Å². The molecule has 8 heteroatoms. The summed E-state index contributed by atoms with van der Waals surface area (Å²) in [4.78, 5) is 38.9. The normalized spacial score (nSPS) is 22.0. The van der Waals surface area contributed by atoms with Gasteiger partial charge in [0.15, 0.2) is 0 Å². The van der Waals surface area contributed by atoms with Crippen molar-refractivity contribution in [2.75, 3.05) is 13.7 Å². The number of piperidine rings is 1. The molecule has 2 saturated heterocycles. The number of hydrogen-bond acceptors (Lipinski definition) is 6. The maximum Gasteiger partial charge on any atom is 0.407 e. The van der Waals surface area contributed by atoms with Crippen molar-refractivity contribution in [1.82, 2.24) is 4.90 Å². The monoisotopic (exact) mass is 453 g/mol. The van der Waals surface area contributed by atoms with Gasteiger partial charge in [0, 0.05) is 24.9 Å². The van der Waals surface area contributed by atoms with E-state index >= 15 is 0 Å². The fraction of sp³-hybridized carbons (Fsp3) is 0.400. The van der Waals surface area contributed by atoms with Crippen LogP contribution < -0.4 is 0 Å². The topological polar surface area (TPSA) is 102 Å². The minimum absolute atomic E-state index is 0.169. The molecule has 0 radical (unpaired) electrons. The molecule has 1 amide bonds. The second-order valence-electron chi connectivity index (χ2n) is 8.35. The van der Waals surface area contributed by atoms with Gasteiger partial charge in [-0.2, -0.15) is 0 Å². The lowest BCUT2D eigenvalue weighted by atomic mass is 9.85. The van der Waals surface area contributed by atoms with Crippen LogP contribution in [0.15, 0.2) is 60.7 Å². The maximum absolute atomic E-state index is 13.9. The van der Waals surface area contributed by atoms with E-state index in [0.717, 1.165) is 12.8 Å². The van der Waals surface area contributed by atoms with Crippen molar-refractivity contribution < 1.29 is 33.7 Å². The van der Waals surface area contributed by atoms with Gasteiger partial charge in [0.1, 0.15) is 12.7 Å². The van der Waals surface area contributed by atoms with Crippen LogP contribution in [0.2, 0.25) is 0 Å². The summed E-state index contributed by atoms with van der Waals surface area (Å²) < 4.78 is 16.8. The largest absolute Gasteiger partial charge is 0.467 e. The number of carbonyl (C=O) groups is 3. The van der Waals surface area contributed by atoms with Gasteiger partial charge >= 0.3 is 18.0 Å². The summed E-state index contributed by atoms with van der Waals surface area (Å²) in [6.45, 7) is -0.446. The number of nitrogens with zero attached hydrogens (tertiary/aromatic N) is 1. The van der Waals surface area contributed by atoms with Crippen molar-refractivity contribution in [3.8, 4) is 0 Å². The number of fused-ring (bicyclic) bond motifs is 2. The molecule has 4 rings (SSSR count). The third kappa shape index (κ3) is 4.43. The molecule has 174 valence electrons. The highest BCUT2D eigenvalue weighted by atomic mass is 16.6. The molecule has 2 fully saturated rings. The van der Waals surface area contributed by atoms with Crippen LogP contribution in [0.25, 0.3) is 0 Å². The highest BCUT2D eigenvalue weighted by Gasteiger charge is 2.49. The van der Waals surface area contributed by atoms with Gasteiger partial charge in [0.2, 0.25) is 5.60 Å². The second-order valence-corrected chi connectivity index (χ2v) is 8.35. The summed E-state index contributed by atoms with van der Waals surface area (Å²) in [5.41, 5.74) is -0.633. The standard InChI is InChI=1S/C25H27NO7/c1-31-22(27)16-32-25(17-8-4-2-5-9-17,18-10-6-3-7-11-18)23(28)33-21-14-19-12-13-20(15-21)26(19)24(29)30/h2-11,19-21H,12-16H2,1H3,(H,29,30)/t19-,20+,21-. The Bertz CT molecular complexity index is 941. The van der Waals surface area contributed by atoms with Gasteiger partial charge < -0.3 is 24.2 Å². The Morgan fingerprint density at radius 3 is 1.91 bits per heavy atom. The smallest absolute Gasteiger partial charge is 0.407 e. The van der Waals surface area contributed by atoms with Crippen molar-refractivity contribution in [1.29, 1.82) is 0 Å². The van der Waals surface area contributed by atoms with Gasteiger partial charge in [0.25, 0.3) is 0 Å². The van der Waals surface area contributed by atoms with Crippen molar-refractivity contribution in [3.63, 3.8) is 0 Å². The number of carboxylic acid groups (broad SMARTS) is 1. The number of esters is 2. The van der Waals surface area contributed by atoms with Crippen molar-refractivity contribution in [3.05, 3.63) is 71.8 Å². The molecule has 2 aromatic rings. The van der Waals surface area contributed by atoms with Crippen LogP contribution in [0.5, 0.6) is 0 Å². The number of methoxy groups -OCH3 is 1. The number of carbonyl (C=O) groups excluding carboxylic acids is 2. The van der Waals surface area contributed by atoms with E-state index in [1.165, 1.54) is 12.0 Å². The lowest BCUT2D eigenvalue weighted by molar-refractivity contribution is -0.180. The predicted molar refractivity (Wildman–Crippen MR) is 117 cm³/mol. The van der Waals surface area contributed by atoms with Crippen LogP contribution in [0.4, 0.5) is 4.79 Å². The SMILES string of the molecule is COC(=O)COC(C(=O)O[C@@H]1C[C@H]2CC[C@@H](C1)N2C(=O)O)(c1ccccc1)c1ccccc1. The average molecular weight is 453 g/mol. The van der Waals surface area contributed by atoms with E-state index in [1.54, 1.807) is 48.5 Å². The molecule has 0 unspecified atom stereocenters. The molecule has 1 N–H and O–H groups in total. The average Bonchev–Trinajstić information content (AvgIpc) is 3.11. The molecule has 0 aliphatic carbocycles. The van der Waals surface area contributed by atoms with Crippen molar-refractivity contribution in [2.24, 2.45) is 0 Å². The molecular formula is C25H27NO7. The summed E-state index contributed by atoms with van der Waals surface area (Å²) in [5, 5.41) is 9.51. The van der Waals surface area contributed by atoms with Crippen LogP contribution in [-0.2, 0) is 29.4 Å². The molecule has 8 nitrogen and oxygen atoms in total. The van der Waals surface area contributed by atoms with E-state index in [1.807, 2.05) is 12.1 Å². The van der Waals surface area contributed by atoms with Gasteiger partial charge in [-0.1, -0.05) is 60.7 Å². The molecule has 33 heavy (non-hydrogen) atoms. The van der Waals surface area contributed by atoms with Crippen LogP contribution in [-0.4, -0.2) is 59.9 Å². The number of amides is 1. The minimum atomic E-state index is -1.68. The first-order valence-corrected chi connectivity index (χ1v) is 11.0. The van der Waals surface area contributed by atoms with Crippen LogP contribution in [0.3, 0.4) is 0 Å². The summed E-state index contributed by atoms with van der Waals surface area (Å²) >= 11 is 0. The minimum Gasteiger partial charge on any atom is -0.467 e. The Balaban J connectivity index is 1.67. The fourth-order valence-electron chi connectivity index (χ4n) is 4.97. The van der Waals surface area contributed by atoms with Crippen molar-refractivity contribution in [2.45, 2.75) is 49.5 Å². The summed E-state index contributed by atoms with van der Waals surface area (Å²) in [5.74, 6) is -1.26. The molecule has 0 spiro atoms. The first-order chi connectivity index (χ1) is 16.0. The highest BCUT2D eigenvalue weighted by Crippen LogP contribution is 2.40. The zero-order valence-electron chi connectivity index (χ0n) is 18.4. The first kappa shape index (κ1) is 22.8. The highest BCUT2D eigenvalue weighted by molar-refractivity contribution is 5.86. The zero-order valence-corrected chi connectivity index (χ0v) is 18.4. The third-order valence-electron chi connectivity index (χ3n) is 6.47. The molecular weight excluding hydrogens is 426 g/mol. The molecule has 2 aromatic carbocycles. The zero-order chi connectivity index (χ0) is 23.4. The number of hydrogen-bond donors (Lipinski definition) is 1. The Hall–Kier alpha value is -3.39. The molecule has 0 aromatic heterocycles. The Kier molecular flexibility index (Phi) is 6.65. The molecule has 3 atom stereocenters. The number of ether oxygens (including phenoxy) is 3. The molecule has 2 heterocycles. The van der Waals surface area contributed by atoms with Crippen LogP contribution in [0, 0.1) is 0 Å². The molecule has 2 aliphatic heterocycles. The van der Waals surface area contributed by atoms with Crippen molar-refractivity contribution >= 4 is 18.0 Å². The molecule has 2 bridgehead atoms.